The van der Waals surface area contributed by atoms with E-state index in [1.807, 2.05) is 0 Å². The number of nitrogens with one attached hydrogen (secondary N) is 1. The number of H-pyrrole nitrogens is 1. The standard InChI is InChI=1S/C13H20N8/c1-13(2,3)21-6-4-20(5-7-21)11-9-14-10(8-15-11)12-16-18-19-17-12/h8-9H,4-7H2,1-3H3,(H,16,17,18,19). The number of aromatic amines is 1. The molecule has 0 spiro atoms. The van der Waals surface area contributed by atoms with E-state index in [9.17, 15) is 0 Å². The molecule has 2 aromatic heterocycles. The van der Waals surface area contributed by atoms with Crippen LogP contribution in [-0.4, -0.2) is 67.2 Å². The van der Waals surface area contributed by atoms with E-state index < -0.39 is 0 Å². The molecule has 112 valence electrons. The first-order valence-electron chi connectivity index (χ1n) is 7.10. The van der Waals surface area contributed by atoms with Crippen molar-refractivity contribution < 1.29 is 0 Å². The minimum atomic E-state index is 0.222. The summed E-state index contributed by atoms with van der Waals surface area (Å²) in [4.78, 5) is 13.6. The Morgan fingerprint density at radius 1 is 1.05 bits per heavy atom. The number of hydrogen-bond acceptors (Lipinski definition) is 7. The molecule has 8 nitrogen and oxygen atoms in total. The molecule has 0 amide bonds. The molecule has 1 aliphatic rings. The Morgan fingerprint density at radius 3 is 2.33 bits per heavy atom. The second kappa shape index (κ2) is 5.36. The van der Waals surface area contributed by atoms with Gasteiger partial charge in [0.25, 0.3) is 0 Å². The summed E-state index contributed by atoms with van der Waals surface area (Å²) in [7, 11) is 0. The van der Waals surface area contributed by atoms with E-state index in [4.69, 9.17) is 0 Å². The van der Waals surface area contributed by atoms with Crippen LogP contribution in [0.25, 0.3) is 11.5 Å². The maximum Gasteiger partial charge on any atom is 0.224 e. The van der Waals surface area contributed by atoms with Gasteiger partial charge in [-0.3, -0.25) is 4.90 Å². The molecule has 8 heteroatoms. The van der Waals surface area contributed by atoms with Crippen LogP contribution in [0.4, 0.5) is 5.82 Å². The third kappa shape index (κ3) is 2.99. The Balaban J connectivity index is 1.66. The number of rotatable bonds is 2. The topological polar surface area (TPSA) is 86.7 Å². The summed E-state index contributed by atoms with van der Waals surface area (Å²) in [6.07, 6.45) is 3.47. The van der Waals surface area contributed by atoms with Crippen molar-refractivity contribution in [3.8, 4) is 11.5 Å². The lowest BCUT2D eigenvalue weighted by Gasteiger charge is -2.42. The Kier molecular flexibility index (Phi) is 3.54. The number of piperazine rings is 1. The van der Waals surface area contributed by atoms with Gasteiger partial charge in [0, 0.05) is 31.7 Å². The smallest absolute Gasteiger partial charge is 0.224 e. The zero-order chi connectivity index (χ0) is 14.9. The van der Waals surface area contributed by atoms with Crippen molar-refractivity contribution in [1.82, 2.24) is 35.5 Å². The average Bonchev–Trinajstić information content (AvgIpc) is 3.01. The Morgan fingerprint density at radius 2 is 1.81 bits per heavy atom. The lowest BCUT2D eigenvalue weighted by Crippen LogP contribution is -2.53. The van der Waals surface area contributed by atoms with Gasteiger partial charge < -0.3 is 4.90 Å². The molecule has 0 aliphatic carbocycles. The van der Waals surface area contributed by atoms with Gasteiger partial charge in [0.2, 0.25) is 5.82 Å². The first kappa shape index (κ1) is 13.9. The van der Waals surface area contributed by atoms with E-state index in [1.165, 1.54) is 0 Å². The first-order chi connectivity index (χ1) is 10.0. The minimum Gasteiger partial charge on any atom is -0.353 e. The highest BCUT2D eigenvalue weighted by Crippen LogP contribution is 2.19. The molecule has 0 aromatic carbocycles. The van der Waals surface area contributed by atoms with Gasteiger partial charge in [-0.2, -0.15) is 5.21 Å². The van der Waals surface area contributed by atoms with E-state index in [0.29, 0.717) is 11.5 Å². The van der Waals surface area contributed by atoms with Gasteiger partial charge in [-0.1, -0.05) is 0 Å². The molecule has 2 aromatic rings. The SMILES string of the molecule is CC(C)(C)N1CCN(c2cnc(-c3nn[nH]n3)cn2)CC1. The molecule has 3 rings (SSSR count). The Labute approximate surface area is 123 Å². The van der Waals surface area contributed by atoms with Crippen molar-refractivity contribution in [3.63, 3.8) is 0 Å². The van der Waals surface area contributed by atoms with Gasteiger partial charge in [0.15, 0.2) is 0 Å². The van der Waals surface area contributed by atoms with Crippen molar-refractivity contribution in [1.29, 1.82) is 0 Å². The number of hydrogen-bond donors (Lipinski definition) is 1. The highest BCUT2D eigenvalue weighted by molar-refractivity contribution is 5.48. The van der Waals surface area contributed by atoms with Crippen LogP contribution in [-0.2, 0) is 0 Å². The zero-order valence-corrected chi connectivity index (χ0v) is 12.6. The van der Waals surface area contributed by atoms with Crippen molar-refractivity contribution in [2.75, 3.05) is 31.1 Å². The maximum absolute atomic E-state index is 4.47. The van der Waals surface area contributed by atoms with Gasteiger partial charge in [0.05, 0.1) is 12.4 Å². The van der Waals surface area contributed by atoms with Crippen LogP contribution in [0.1, 0.15) is 20.8 Å². The molecule has 0 atom stereocenters. The molecule has 0 unspecified atom stereocenters. The fourth-order valence-corrected chi connectivity index (χ4v) is 2.48. The van der Waals surface area contributed by atoms with Crippen LogP contribution in [0.15, 0.2) is 12.4 Å². The van der Waals surface area contributed by atoms with Gasteiger partial charge in [0.1, 0.15) is 11.5 Å². The first-order valence-corrected chi connectivity index (χ1v) is 7.10. The zero-order valence-electron chi connectivity index (χ0n) is 12.6. The summed E-state index contributed by atoms with van der Waals surface area (Å²) in [6, 6.07) is 0. The normalized spacial score (nSPS) is 17.2. The molecule has 1 saturated heterocycles. The summed E-state index contributed by atoms with van der Waals surface area (Å²) >= 11 is 0. The van der Waals surface area contributed by atoms with Crippen LogP contribution in [0.3, 0.4) is 0 Å². The van der Waals surface area contributed by atoms with E-state index in [0.717, 1.165) is 32.0 Å². The lowest BCUT2D eigenvalue weighted by atomic mass is 10.1. The quantitative estimate of drug-likeness (QED) is 0.864. The summed E-state index contributed by atoms with van der Waals surface area (Å²) in [6.45, 7) is 10.8. The fraction of sp³-hybridized carbons (Fsp3) is 0.615. The van der Waals surface area contributed by atoms with E-state index >= 15 is 0 Å². The molecular weight excluding hydrogens is 268 g/mol. The maximum atomic E-state index is 4.47. The second-order valence-corrected chi connectivity index (χ2v) is 6.14. The van der Waals surface area contributed by atoms with Crippen molar-refractivity contribution in [2.45, 2.75) is 26.3 Å². The molecule has 21 heavy (non-hydrogen) atoms. The van der Waals surface area contributed by atoms with Crippen LogP contribution in [0.2, 0.25) is 0 Å². The molecule has 1 fully saturated rings. The van der Waals surface area contributed by atoms with Gasteiger partial charge in [-0.15, -0.1) is 10.2 Å². The number of anilines is 1. The van der Waals surface area contributed by atoms with Crippen LogP contribution in [0.5, 0.6) is 0 Å². The summed E-state index contributed by atoms with van der Waals surface area (Å²) < 4.78 is 0. The predicted molar refractivity (Wildman–Crippen MR) is 78.7 cm³/mol. The molecule has 0 radical (unpaired) electrons. The lowest BCUT2D eigenvalue weighted by molar-refractivity contribution is 0.128. The molecule has 1 aliphatic heterocycles. The van der Waals surface area contributed by atoms with E-state index in [1.54, 1.807) is 12.4 Å². The number of tetrazole rings is 1. The van der Waals surface area contributed by atoms with Gasteiger partial charge in [-0.05, 0) is 26.0 Å². The van der Waals surface area contributed by atoms with Gasteiger partial charge in [-0.25, -0.2) is 9.97 Å². The van der Waals surface area contributed by atoms with Crippen molar-refractivity contribution >= 4 is 5.82 Å². The number of aromatic nitrogens is 6. The molecule has 0 bridgehead atoms. The highest BCUT2D eigenvalue weighted by atomic mass is 15.5. The molecule has 3 heterocycles. The van der Waals surface area contributed by atoms with Crippen LogP contribution in [0, 0.1) is 0 Å². The van der Waals surface area contributed by atoms with Crippen LogP contribution < -0.4 is 4.90 Å². The summed E-state index contributed by atoms with van der Waals surface area (Å²) in [5, 5.41) is 13.7. The predicted octanol–water partition coefficient (Wildman–Crippen LogP) is 0.577. The van der Waals surface area contributed by atoms with Crippen molar-refractivity contribution in [2.24, 2.45) is 0 Å². The van der Waals surface area contributed by atoms with Crippen molar-refractivity contribution in [3.05, 3.63) is 12.4 Å². The Bertz CT molecular complexity index is 563. The largest absolute Gasteiger partial charge is 0.353 e. The summed E-state index contributed by atoms with van der Waals surface area (Å²) in [5.74, 6) is 1.36. The third-order valence-corrected chi connectivity index (χ3v) is 3.77. The van der Waals surface area contributed by atoms with E-state index in [-0.39, 0.29) is 5.54 Å². The number of nitrogens with zero attached hydrogens (tertiary/aromatic N) is 7. The average molecular weight is 288 g/mol. The monoisotopic (exact) mass is 288 g/mol. The highest BCUT2D eigenvalue weighted by Gasteiger charge is 2.26. The molecule has 1 N–H and O–H groups in total. The summed E-state index contributed by atoms with van der Waals surface area (Å²) in [5.41, 5.74) is 0.848. The molecule has 0 saturated carbocycles. The molecular formula is C13H20N8. The fourth-order valence-electron chi connectivity index (χ4n) is 2.48. The third-order valence-electron chi connectivity index (χ3n) is 3.77. The second-order valence-electron chi connectivity index (χ2n) is 6.14. The Hall–Kier alpha value is -2.09. The van der Waals surface area contributed by atoms with E-state index in [2.05, 4.69) is 61.2 Å². The van der Waals surface area contributed by atoms with Crippen LogP contribution >= 0.6 is 0 Å². The van der Waals surface area contributed by atoms with Gasteiger partial charge >= 0.3 is 0 Å². The minimum absolute atomic E-state index is 0.222.